The van der Waals surface area contributed by atoms with Gasteiger partial charge in [-0.15, -0.1) is 0 Å². The highest BCUT2D eigenvalue weighted by Gasteiger charge is 2.51. The topological polar surface area (TPSA) is 0 Å². The molecule has 0 amide bonds. The summed E-state index contributed by atoms with van der Waals surface area (Å²) >= 11 is 0. The van der Waals surface area contributed by atoms with Crippen molar-refractivity contribution in [2.24, 2.45) is 0 Å². The van der Waals surface area contributed by atoms with Crippen molar-refractivity contribution in [2.75, 3.05) is 0 Å². The zero-order chi connectivity index (χ0) is 13.1. The summed E-state index contributed by atoms with van der Waals surface area (Å²) in [7, 11) is 0. The second-order valence-electron chi connectivity index (χ2n) is 4.63. The van der Waals surface area contributed by atoms with Gasteiger partial charge in [0, 0.05) is 0 Å². The number of hydrogen-bond acceptors (Lipinski definition) is 0. The van der Waals surface area contributed by atoms with E-state index in [1.54, 1.807) is 31.2 Å². The van der Waals surface area contributed by atoms with E-state index in [4.69, 9.17) is 0 Å². The first-order chi connectivity index (χ1) is 7.85. The Hall–Kier alpha value is -0.990. The fourth-order valence-electron chi connectivity index (χ4n) is 2.06. The molecule has 0 N–H and O–H groups in total. The molecular weight excluding hydrogens is 225 g/mol. The quantitative estimate of drug-likeness (QED) is 0.708. The maximum atomic E-state index is 13.2. The molecule has 1 rings (SSSR count). The van der Waals surface area contributed by atoms with Crippen LogP contribution in [0.4, 0.5) is 13.2 Å². The molecule has 0 spiro atoms. The smallest absolute Gasteiger partial charge is 0.170 e. The van der Waals surface area contributed by atoms with E-state index in [0.717, 1.165) is 12.0 Å². The minimum atomic E-state index is -4.20. The van der Waals surface area contributed by atoms with E-state index in [-0.39, 0.29) is 6.42 Å². The second kappa shape index (κ2) is 5.11. The maximum absolute atomic E-state index is 13.2. The van der Waals surface area contributed by atoms with Gasteiger partial charge in [-0.2, -0.15) is 13.2 Å². The summed E-state index contributed by atoms with van der Waals surface area (Å²) in [5, 5.41) is 0. The van der Waals surface area contributed by atoms with E-state index in [1.165, 1.54) is 6.92 Å². The van der Waals surface area contributed by atoms with Crippen LogP contribution >= 0.6 is 0 Å². The molecule has 0 saturated carbocycles. The fraction of sp³-hybridized carbons (Fsp3) is 0.571. The van der Waals surface area contributed by atoms with Gasteiger partial charge in [0.2, 0.25) is 0 Å². The average Bonchev–Trinajstić information content (AvgIpc) is 2.28. The maximum Gasteiger partial charge on any atom is 0.398 e. The van der Waals surface area contributed by atoms with Crippen LogP contribution in [0.25, 0.3) is 0 Å². The van der Waals surface area contributed by atoms with Gasteiger partial charge in [-0.3, -0.25) is 0 Å². The number of aryl methyl sites for hydroxylation is 1. The summed E-state index contributed by atoms with van der Waals surface area (Å²) in [6, 6.07) is 6.80. The first-order valence-corrected chi connectivity index (χ1v) is 6.01. The number of halogens is 3. The highest BCUT2D eigenvalue weighted by atomic mass is 19.4. The SMILES string of the molecule is CCCC(C)(c1ccc(CC)cc1)C(F)(F)F. The van der Waals surface area contributed by atoms with Gasteiger partial charge in [-0.25, -0.2) is 0 Å². The van der Waals surface area contributed by atoms with Crippen molar-refractivity contribution >= 4 is 0 Å². The molecule has 1 aromatic carbocycles. The largest absolute Gasteiger partial charge is 0.398 e. The molecule has 96 valence electrons. The van der Waals surface area contributed by atoms with Crippen LogP contribution in [0.3, 0.4) is 0 Å². The standard InChI is InChI=1S/C14H19F3/c1-4-10-13(3,14(15,16)17)12-8-6-11(5-2)7-9-12/h6-9H,4-5,10H2,1-3H3. The second-order valence-corrected chi connectivity index (χ2v) is 4.63. The first-order valence-electron chi connectivity index (χ1n) is 6.01. The predicted molar refractivity (Wildman–Crippen MR) is 64.1 cm³/mol. The third-order valence-electron chi connectivity index (χ3n) is 3.37. The van der Waals surface area contributed by atoms with Crippen LogP contribution in [0.2, 0.25) is 0 Å². The van der Waals surface area contributed by atoms with Gasteiger partial charge in [0.1, 0.15) is 0 Å². The average molecular weight is 244 g/mol. The fourth-order valence-corrected chi connectivity index (χ4v) is 2.06. The molecule has 3 heteroatoms. The molecule has 0 nitrogen and oxygen atoms in total. The molecule has 0 aromatic heterocycles. The Morgan fingerprint density at radius 3 is 1.88 bits per heavy atom. The van der Waals surface area contributed by atoms with Gasteiger partial charge >= 0.3 is 6.18 Å². The lowest BCUT2D eigenvalue weighted by Crippen LogP contribution is -2.39. The molecule has 0 aliphatic carbocycles. The van der Waals surface area contributed by atoms with Crippen LogP contribution in [-0.2, 0) is 11.8 Å². The molecule has 0 radical (unpaired) electrons. The lowest BCUT2D eigenvalue weighted by Gasteiger charge is -2.32. The molecule has 1 aromatic rings. The Balaban J connectivity index is 3.13. The van der Waals surface area contributed by atoms with Crippen LogP contribution in [0.1, 0.15) is 44.7 Å². The Morgan fingerprint density at radius 2 is 1.53 bits per heavy atom. The van der Waals surface area contributed by atoms with Crippen molar-refractivity contribution in [3.8, 4) is 0 Å². The lowest BCUT2D eigenvalue weighted by molar-refractivity contribution is -0.187. The first kappa shape index (κ1) is 14.1. The number of rotatable bonds is 4. The Labute approximate surface area is 101 Å². The number of hydrogen-bond donors (Lipinski definition) is 0. The van der Waals surface area contributed by atoms with E-state index in [1.807, 2.05) is 6.92 Å². The summed E-state index contributed by atoms with van der Waals surface area (Å²) in [5.41, 5.74) is -0.299. The molecule has 1 unspecified atom stereocenters. The normalized spacial score (nSPS) is 15.6. The van der Waals surface area contributed by atoms with Gasteiger partial charge in [0.05, 0.1) is 5.41 Å². The molecular formula is C14H19F3. The third kappa shape index (κ3) is 2.82. The molecule has 0 saturated heterocycles. The van der Waals surface area contributed by atoms with Crippen molar-refractivity contribution < 1.29 is 13.2 Å². The van der Waals surface area contributed by atoms with Crippen molar-refractivity contribution in [1.82, 2.24) is 0 Å². The van der Waals surface area contributed by atoms with Crippen molar-refractivity contribution in [3.05, 3.63) is 35.4 Å². The number of alkyl halides is 3. The molecule has 0 heterocycles. The molecule has 0 aliphatic rings. The molecule has 17 heavy (non-hydrogen) atoms. The van der Waals surface area contributed by atoms with Crippen LogP contribution < -0.4 is 0 Å². The van der Waals surface area contributed by atoms with Crippen LogP contribution in [0.5, 0.6) is 0 Å². The molecule has 0 bridgehead atoms. The summed E-state index contributed by atoms with van der Waals surface area (Å²) in [6.07, 6.45) is -2.71. The Bertz CT molecular complexity index is 351. The van der Waals surface area contributed by atoms with Gasteiger partial charge < -0.3 is 0 Å². The van der Waals surface area contributed by atoms with Crippen LogP contribution in [0, 0.1) is 0 Å². The predicted octanol–water partition coefficient (Wildman–Crippen LogP) is 4.87. The van der Waals surface area contributed by atoms with Gasteiger partial charge in [0.15, 0.2) is 0 Å². The van der Waals surface area contributed by atoms with Crippen molar-refractivity contribution in [1.29, 1.82) is 0 Å². The molecule has 0 aliphatic heterocycles. The Kier molecular flexibility index (Phi) is 4.23. The highest BCUT2D eigenvalue weighted by molar-refractivity contribution is 5.30. The number of benzene rings is 1. The van der Waals surface area contributed by atoms with E-state index in [2.05, 4.69) is 0 Å². The van der Waals surface area contributed by atoms with E-state index >= 15 is 0 Å². The van der Waals surface area contributed by atoms with E-state index in [9.17, 15) is 13.2 Å². The van der Waals surface area contributed by atoms with Crippen molar-refractivity contribution in [2.45, 2.75) is 51.6 Å². The molecule has 0 fully saturated rings. The highest BCUT2D eigenvalue weighted by Crippen LogP contribution is 2.44. The molecule has 1 atom stereocenters. The minimum absolute atomic E-state index is 0.127. The zero-order valence-electron chi connectivity index (χ0n) is 10.6. The van der Waals surface area contributed by atoms with Crippen LogP contribution in [0.15, 0.2) is 24.3 Å². The minimum Gasteiger partial charge on any atom is -0.170 e. The summed E-state index contributed by atoms with van der Waals surface area (Å²) in [5.74, 6) is 0. The summed E-state index contributed by atoms with van der Waals surface area (Å²) in [4.78, 5) is 0. The summed E-state index contributed by atoms with van der Waals surface area (Å²) in [6.45, 7) is 5.06. The lowest BCUT2D eigenvalue weighted by atomic mass is 9.77. The van der Waals surface area contributed by atoms with Gasteiger partial charge in [-0.05, 0) is 30.9 Å². The van der Waals surface area contributed by atoms with Gasteiger partial charge in [-0.1, -0.05) is 44.5 Å². The Morgan fingerprint density at radius 1 is 1.00 bits per heavy atom. The van der Waals surface area contributed by atoms with Crippen LogP contribution in [-0.4, -0.2) is 6.18 Å². The summed E-state index contributed by atoms with van der Waals surface area (Å²) < 4.78 is 39.5. The van der Waals surface area contributed by atoms with E-state index in [0.29, 0.717) is 12.0 Å². The van der Waals surface area contributed by atoms with Crippen molar-refractivity contribution in [3.63, 3.8) is 0 Å². The monoisotopic (exact) mass is 244 g/mol. The zero-order valence-corrected chi connectivity index (χ0v) is 10.6. The third-order valence-corrected chi connectivity index (χ3v) is 3.37. The van der Waals surface area contributed by atoms with E-state index < -0.39 is 11.6 Å². The van der Waals surface area contributed by atoms with Gasteiger partial charge in [0.25, 0.3) is 0 Å².